The zero-order valence-corrected chi connectivity index (χ0v) is 21.4. The molecule has 1 N–H and O–H groups in total. The van der Waals surface area contributed by atoms with Crippen molar-refractivity contribution in [3.63, 3.8) is 0 Å². The first-order valence-corrected chi connectivity index (χ1v) is 12.5. The van der Waals surface area contributed by atoms with Gasteiger partial charge in [0.15, 0.2) is 0 Å². The van der Waals surface area contributed by atoms with E-state index in [0.29, 0.717) is 17.8 Å². The van der Waals surface area contributed by atoms with Crippen molar-refractivity contribution in [3.05, 3.63) is 65.5 Å². The van der Waals surface area contributed by atoms with Crippen molar-refractivity contribution in [1.29, 1.82) is 0 Å². The molecule has 1 aliphatic heterocycles. The van der Waals surface area contributed by atoms with Crippen LogP contribution in [0, 0.1) is 5.82 Å². The Labute approximate surface area is 213 Å². The predicted molar refractivity (Wildman–Crippen MR) is 143 cm³/mol. The fourth-order valence-corrected chi connectivity index (χ4v) is 4.16. The summed E-state index contributed by atoms with van der Waals surface area (Å²) in [6.07, 6.45) is 2.58. The van der Waals surface area contributed by atoms with Crippen molar-refractivity contribution in [2.75, 3.05) is 75.1 Å². The molecule has 0 atom stereocenters. The summed E-state index contributed by atoms with van der Waals surface area (Å²) in [5, 5.41) is 9.54. The lowest BCUT2D eigenvalue weighted by molar-refractivity contribution is 0.311. The van der Waals surface area contributed by atoms with Gasteiger partial charge in [0.25, 0.3) is 0 Å². The first-order chi connectivity index (χ1) is 17.4. The number of benzene rings is 2. The minimum absolute atomic E-state index is 0.209. The number of aromatic nitrogens is 3. The minimum atomic E-state index is -0.209. The van der Waals surface area contributed by atoms with Gasteiger partial charge in [-0.25, -0.2) is 4.39 Å². The lowest BCUT2D eigenvalue weighted by atomic mass is 10.1. The quantitative estimate of drug-likeness (QED) is 0.462. The fraction of sp³-hybridized carbons (Fsp3) is 0.444. The highest BCUT2D eigenvalue weighted by Crippen LogP contribution is 2.20. The molecule has 0 spiro atoms. The molecule has 2 aromatic carbocycles. The molecule has 1 fully saturated rings. The first kappa shape index (κ1) is 25.6. The summed E-state index contributed by atoms with van der Waals surface area (Å²) in [5.74, 6) is 2.08. The van der Waals surface area contributed by atoms with Gasteiger partial charge >= 0.3 is 0 Å². The van der Waals surface area contributed by atoms with Crippen molar-refractivity contribution in [2.24, 2.45) is 0 Å². The smallest absolute Gasteiger partial charge is 0.232 e. The molecule has 1 saturated heterocycles. The molecule has 192 valence electrons. The number of halogens is 1. The summed E-state index contributed by atoms with van der Waals surface area (Å²) in [6, 6.07) is 14.0. The molecule has 2 heterocycles. The molecular weight excluding hydrogens is 457 g/mol. The molecule has 0 bridgehead atoms. The number of aryl methyl sites for hydroxylation is 1. The highest BCUT2D eigenvalue weighted by Gasteiger charge is 2.21. The van der Waals surface area contributed by atoms with Crippen molar-refractivity contribution < 1.29 is 9.50 Å². The number of phenols is 1. The van der Waals surface area contributed by atoms with Crippen LogP contribution in [0.2, 0.25) is 0 Å². The van der Waals surface area contributed by atoms with Crippen molar-refractivity contribution in [3.8, 4) is 5.75 Å². The van der Waals surface area contributed by atoms with Crippen molar-refractivity contribution >= 4 is 17.8 Å². The van der Waals surface area contributed by atoms with Gasteiger partial charge in [0.2, 0.25) is 17.8 Å². The number of phenolic OH excluding ortho intramolecular Hbond substituents is 1. The zero-order chi connectivity index (χ0) is 25.5. The van der Waals surface area contributed by atoms with Crippen LogP contribution in [0.4, 0.5) is 22.2 Å². The molecular formula is C27H36FN7O. The Balaban J connectivity index is 1.46. The van der Waals surface area contributed by atoms with Gasteiger partial charge in [-0.2, -0.15) is 15.0 Å². The van der Waals surface area contributed by atoms with E-state index in [-0.39, 0.29) is 11.6 Å². The monoisotopic (exact) mass is 493 g/mol. The number of hydrogen-bond donors (Lipinski definition) is 1. The number of piperazine rings is 1. The zero-order valence-electron chi connectivity index (χ0n) is 21.4. The number of hydrogen-bond acceptors (Lipinski definition) is 8. The van der Waals surface area contributed by atoms with Crippen LogP contribution >= 0.6 is 0 Å². The minimum Gasteiger partial charge on any atom is -0.508 e. The summed E-state index contributed by atoms with van der Waals surface area (Å²) in [4.78, 5) is 23.2. The molecule has 1 aliphatic rings. The number of nitrogens with zero attached hydrogens (tertiary/aromatic N) is 7. The van der Waals surface area contributed by atoms with Crippen LogP contribution in [-0.4, -0.2) is 85.4 Å². The van der Waals surface area contributed by atoms with E-state index >= 15 is 0 Å². The standard InChI is InChI=1S/C27H36FN7O/c1-32-17-19-35(20-18-32)27-30-25(33(2)15-4-5-21-6-10-23(28)11-7-21)29-26(31-27)34(3)16-14-22-8-12-24(36)13-9-22/h6-13,36H,4-5,14-20H2,1-3H3. The topological polar surface area (TPSA) is 71.9 Å². The first-order valence-electron chi connectivity index (χ1n) is 12.5. The van der Waals surface area contributed by atoms with E-state index in [2.05, 4.69) is 26.6 Å². The number of anilines is 3. The van der Waals surface area contributed by atoms with Gasteiger partial charge in [0, 0.05) is 53.4 Å². The molecule has 0 unspecified atom stereocenters. The third kappa shape index (κ3) is 7.04. The molecule has 8 nitrogen and oxygen atoms in total. The second-order valence-electron chi connectivity index (χ2n) is 9.52. The normalized spacial score (nSPS) is 14.2. The van der Waals surface area contributed by atoms with Crippen molar-refractivity contribution in [1.82, 2.24) is 19.9 Å². The molecule has 36 heavy (non-hydrogen) atoms. The lowest BCUT2D eigenvalue weighted by Gasteiger charge is -2.33. The van der Waals surface area contributed by atoms with Crippen LogP contribution < -0.4 is 14.7 Å². The van der Waals surface area contributed by atoms with Gasteiger partial charge in [-0.1, -0.05) is 24.3 Å². The van der Waals surface area contributed by atoms with E-state index in [4.69, 9.17) is 15.0 Å². The van der Waals surface area contributed by atoms with Gasteiger partial charge < -0.3 is 24.7 Å². The third-order valence-electron chi connectivity index (χ3n) is 6.61. The average molecular weight is 494 g/mol. The largest absolute Gasteiger partial charge is 0.508 e. The van der Waals surface area contributed by atoms with E-state index in [1.54, 1.807) is 12.1 Å². The molecule has 0 aliphatic carbocycles. The third-order valence-corrected chi connectivity index (χ3v) is 6.61. The van der Waals surface area contributed by atoms with Gasteiger partial charge in [-0.05, 0) is 61.7 Å². The lowest BCUT2D eigenvalue weighted by Crippen LogP contribution is -2.45. The van der Waals surface area contributed by atoms with Gasteiger partial charge in [0.05, 0.1) is 0 Å². The molecule has 0 saturated carbocycles. The Morgan fingerprint density at radius 3 is 1.97 bits per heavy atom. The molecule has 0 radical (unpaired) electrons. The van der Waals surface area contributed by atoms with Crippen LogP contribution in [-0.2, 0) is 12.8 Å². The highest BCUT2D eigenvalue weighted by atomic mass is 19.1. The van der Waals surface area contributed by atoms with Gasteiger partial charge in [0.1, 0.15) is 11.6 Å². The second-order valence-corrected chi connectivity index (χ2v) is 9.52. The number of aromatic hydroxyl groups is 1. The van der Waals surface area contributed by atoms with Crippen LogP contribution in [0.5, 0.6) is 5.75 Å². The summed E-state index contributed by atoms with van der Waals surface area (Å²) in [6.45, 7) is 5.22. The Bertz CT molecular complexity index is 1100. The Kier molecular flexibility index (Phi) is 8.53. The van der Waals surface area contributed by atoms with E-state index < -0.39 is 0 Å². The van der Waals surface area contributed by atoms with E-state index in [9.17, 15) is 9.50 Å². The van der Waals surface area contributed by atoms with Gasteiger partial charge in [-0.3, -0.25) is 0 Å². The maximum atomic E-state index is 13.2. The fourth-order valence-electron chi connectivity index (χ4n) is 4.16. The highest BCUT2D eigenvalue weighted by molar-refractivity contribution is 5.46. The summed E-state index contributed by atoms with van der Waals surface area (Å²) >= 11 is 0. The summed E-state index contributed by atoms with van der Waals surface area (Å²) < 4.78 is 13.2. The van der Waals surface area contributed by atoms with Crippen molar-refractivity contribution in [2.45, 2.75) is 19.3 Å². The average Bonchev–Trinajstić information content (AvgIpc) is 2.89. The molecule has 3 aromatic rings. The number of rotatable bonds is 10. The Morgan fingerprint density at radius 1 is 0.778 bits per heavy atom. The Hall–Kier alpha value is -3.46. The van der Waals surface area contributed by atoms with E-state index in [1.807, 2.05) is 38.4 Å². The van der Waals surface area contributed by atoms with Crippen LogP contribution in [0.1, 0.15) is 17.5 Å². The summed E-state index contributed by atoms with van der Waals surface area (Å²) in [5.41, 5.74) is 2.26. The maximum absolute atomic E-state index is 13.2. The maximum Gasteiger partial charge on any atom is 0.232 e. The molecule has 4 rings (SSSR count). The predicted octanol–water partition coefficient (Wildman–Crippen LogP) is 3.22. The molecule has 9 heteroatoms. The SMILES string of the molecule is CN1CCN(c2nc(N(C)CCCc3ccc(F)cc3)nc(N(C)CCc3ccc(O)cc3)n2)CC1. The molecule has 1 aromatic heterocycles. The second kappa shape index (κ2) is 12.0. The van der Waals surface area contributed by atoms with Crippen LogP contribution in [0.3, 0.4) is 0 Å². The van der Waals surface area contributed by atoms with Gasteiger partial charge in [-0.15, -0.1) is 0 Å². The van der Waals surface area contributed by atoms with E-state index in [0.717, 1.165) is 69.7 Å². The molecule has 0 amide bonds. The van der Waals surface area contributed by atoms with Crippen LogP contribution in [0.25, 0.3) is 0 Å². The van der Waals surface area contributed by atoms with Crippen LogP contribution in [0.15, 0.2) is 48.5 Å². The summed E-state index contributed by atoms with van der Waals surface area (Å²) in [7, 11) is 6.14. The van der Waals surface area contributed by atoms with E-state index in [1.165, 1.54) is 12.1 Å². The Morgan fingerprint density at radius 2 is 1.33 bits per heavy atom. The number of likely N-dealkylation sites (N-methyl/N-ethyl adjacent to an activating group) is 2.